The Morgan fingerprint density at radius 2 is 2.20 bits per heavy atom. The summed E-state index contributed by atoms with van der Waals surface area (Å²) in [6.07, 6.45) is 1.75. The standard InChI is InChI=1S/C10H9BrN2OS/c1-6-7(3-13(2)12-6)10(14)8-4-15-5-9(8)11/h3-5H,1-2H3. The Balaban J connectivity index is 2.45. The van der Waals surface area contributed by atoms with Crippen molar-refractivity contribution in [2.75, 3.05) is 0 Å². The number of hydrogen-bond donors (Lipinski definition) is 0. The summed E-state index contributed by atoms with van der Waals surface area (Å²) in [6.45, 7) is 1.84. The lowest BCUT2D eigenvalue weighted by atomic mass is 10.1. The number of carbonyl (C=O) groups excluding carboxylic acids is 1. The van der Waals surface area contributed by atoms with Gasteiger partial charge in [0, 0.05) is 34.0 Å². The van der Waals surface area contributed by atoms with Crippen LogP contribution in [0, 0.1) is 6.92 Å². The van der Waals surface area contributed by atoms with E-state index in [2.05, 4.69) is 21.0 Å². The molecule has 0 bridgehead atoms. The van der Waals surface area contributed by atoms with Crippen molar-refractivity contribution in [3.05, 3.63) is 38.3 Å². The molecule has 0 saturated heterocycles. The number of nitrogens with zero attached hydrogens (tertiary/aromatic N) is 2. The van der Waals surface area contributed by atoms with Gasteiger partial charge in [-0.2, -0.15) is 16.4 Å². The van der Waals surface area contributed by atoms with Crippen LogP contribution in [-0.4, -0.2) is 15.6 Å². The minimum Gasteiger partial charge on any atom is -0.288 e. The molecule has 2 aromatic heterocycles. The summed E-state index contributed by atoms with van der Waals surface area (Å²) in [5.74, 6) is 0.0220. The lowest BCUT2D eigenvalue weighted by Crippen LogP contribution is -2.00. The monoisotopic (exact) mass is 284 g/mol. The Bertz CT molecular complexity index is 515. The summed E-state index contributed by atoms with van der Waals surface area (Å²) in [6, 6.07) is 0. The van der Waals surface area contributed by atoms with Crippen molar-refractivity contribution in [1.82, 2.24) is 9.78 Å². The van der Waals surface area contributed by atoms with Crippen molar-refractivity contribution in [3.63, 3.8) is 0 Å². The van der Waals surface area contributed by atoms with E-state index < -0.39 is 0 Å². The van der Waals surface area contributed by atoms with Crippen molar-refractivity contribution in [1.29, 1.82) is 0 Å². The van der Waals surface area contributed by atoms with E-state index in [1.807, 2.05) is 24.7 Å². The fourth-order valence-electron chi connectivity index (χ4n) is 1.41. The van der Waals surface area contributed by atoms with Crippen LogP contribution < -0.4 is 0 Å². The molecule has 0 aliphatic rings. The molecular weight excluding hydrogens is 276 g/mol. The second-order valence-corrected chi connectivity index (χ2v) is 4.86. The van der Waals surface area contributed by atoms with Crippen molar-refractivity contribution in [2.45, 2.75) is 6.92 Å². The molecule has 0 radical (unpaired) electrons. The fourth-order valence-corrected chi connectivity index (χ4v) is 2.87. The number of rotatable bonds is 2. The normalized spacial score (nSPS) is 10.6. The topological polar surface area (TPSA) is 34.9 Å². The molecule has 2 heterocycles. The van der Waals surface area contributed by atoms with Gasteiger partial charge in [-0.25, -0.2) is 0 Å². The summed E-state index contributed by atoms with van der Waals surface area (Å²) in [7, 11) is 1.81. The Hall–Kier alpha value is -0.940. The molecule has 0 aliphatic heterocycles. The quantitative estimate of drug-likeness (QED) is 0.795. The largest absolute Gasteiger partial charge is 0.288 e. The van der Waals surface area contributed by atoms with Crippen LogP contribution in [0.2, 0.25) is 0 Å². The fraction of sp³-hybridized carbons (Fsp3) is 0.200. The molecule has 0 spiro atoms. The zero-order chi connectivity index (χ0) is 11.0. The van der Waals surface area contributed by atoms with Gasteiger partial charge >= 0.3 is 0 Å². The van der Waals surface area contributed by atoms with E-state index in [1.165, 1.54) is 11.3 Å². The maximum Gasteiger partial charge on any atom is 0.198 e. The van der Waals surface area contributed by atoms with Crippen LogP contribution in [0.15, 0.2) is 21.4 Å². The van der Waals surface area contributed by atoms with Crippen LogP contribution in [0.4, 0.5) is 0 Å². The summed E-state index contributed by atoms with van der Waals surface area (Å²) in [5, 5.41) is 7.90. The van der Waals surface area contributed by atoms with E-state index in [1.54, 1.807) is 10.9 Å². The van der Waals surface area contributed by atoms with Crippen molar-refractivity contribution in [3.8, 4) is 0 Å². The van der Waals surface area contributed by atoms with E-state index in [9.17, 15) is 4.79 Å². The smallest absolute Gasteiger partial charge is 0.198 e. The van der Waals surface area contributed by atoms with Crippen LogP contribution in [-0.2, 0) is 7.05 Å². The summed E-state index contributed by atoms with van der Waals surface area (Å²) in [4.78, 5) is 12.1. The zero-order valence-corrected chi connectivity index (χ0v) is 10.7. The Morgan fingerprint density at radius 1 is 1.47 bits per heavy atom. The van der Waals surface area contributed by atoms with Crippen molar-refractivity contribution < 1.29 is 4.79 Å². The second-order valence-electron chi connectivity index (χ2n) is 3.26. The molecule has 15 heavy (non-hydrogen) atoms. The van der Waals surface area contributed by atoms with Gasteiger partial charge in [-0.05, 0) is 22.9 Å². The number of aryl methyl sites for hydroxylation is 2. The molecule has 5 heteroatoms. The lowest BCUT2D eigenvalue weighted by molar-refractivity contribution is 0.103. The average Bonchev–Trinajstić information content (AvgIpc) is 2.71. The van der Waals surface area contributed by atoms with E-state index >= 15 is 0 Å². The molecule has 0 unspecified atom stereocenters. The number of carbonyl (C=O) groups is 1. The van der Waals surface area contributed by atoms with Gasteiger partial charge in [0.25, 0.3) is 0 Å². The van der Waals surface area contributed by atoms with Crippen LogP contribution in [0.25, 0.3) is 0 Å². The van der Waals surface area contributed by atoms with Crippen molar-refractivity contribution in [2.24, 2.45) is 7.05 Å². The minimum atomic E-state index is 0.0220. The molecule has 0 aliphatic carbocycles. The first kappa shape index (κ1) is 10.6. The minimum absolute atomic E-state index is 0.0220. The first-order valence-corrected chi connectivity index (χ1v) is 6.10. The Morgan fingerprint density at radius 3 is 2.67 bits per heavy atom. The first-order valence-electron chi connectivity index (χ1n) is 4.36. The van der Waals surface area contributed by atoms with Gasteiger partial charge in [0.2, 0.25) is 0 Å². The maximum absolute atomic E-state index is 12.1. The number of ketones is 1. The summed E-state index contributed by atoms with van der Waals surface area (Å²) < 4.78 is 2.50. The number of aromatic nitrogens is 2. The molecule has 3 nitrogen and oxygen atoms in total. The third-order valence-electron chi connectivity index (χ3n) is 2.12. The molecule has 78 valence electrons. The lowest BCUT2D eigenvalue weighted by Gasteiger charge is -1.96. The molecule has 0 amide bonds. The Labute approximate surface area is 99.9 Å². The van der Waals surface area contributed by atoms with Crippen LogP contribution in [0.3, 0.4) is 0 Å². The summed E-state index contributed by atoms with van der Waals surface area (Å²) >= 11 is 4.86. The third kappa shape index (κ3) is 1.89. The van der Waals surface area contributed by atoms with Crippen molar-refractivity contribution >= 4 is 33.0 Å². The SMILES string of the molecule is Cc1nn(C)cc1C(=O)c1cscc1Br. The van der Waals surface area contributed by atoms with Gasteiger partial charge in [-0.3, -0.25) is 9.48 Å². The molecule has 0 saturated carbocycles. The molecule has 2 aromatic rings. The highest BCUT2D eigenvalue weighted by atomic mass is 79.9. The van der Waals surface area contributed by atoms with Gasteiger partial charge in [-0.15, -0.1) is 0 Å². The predicted octanol–water partition coefficient (Wildman–Crippen LogP) is 2.78. The van der Waals surface area contributed by atoms with Crippen LogP contribution in [0.5, 0.6) is 0 Å². The van der Waals surface area contributed by atoms with E-state index in [0.717, 1.165) is 10.2 Å². The number of hydrogen-bond acceptors (Lipinski definition) is 3. The van der Waals surface area contributed by atoms with Gasteiger partial charge in [0.1, 0.15) is 0 Å². The highest BCUT2D eigenvalue weighted by Gasteiger charge is 2.17. The van der Waals surface area contributed by atoms with Crippen LogP contribution >= 0.6 is 27.3 Å². The molecule has 0 aromatic carbocycles. The zero-order valence-electron chi connectivity index (χ0n) is 8.32. The second kappa shape index (κ2) is 3.90. The highest BCUT2D eigenvalue weighted by molar-refractivity contribution is 9.10. The number of halogens is 1. The predicted molar refractivity (Wildman–Crippen MR) is 63.4 cm³/mol. The van der Waals surface area contributed by atoms with E-state index in [-0.39, 0.29) is 5.78 Å². The van der Waals surface area contributed by atoms with Crippen LogP contribution in [0.1, 0.15) is 21.6 Å². The maximum atomic E-state index is 12.1. The van der Waals surface area contributed by atoms with Gasteiger partial charge in [0.15, 0.2) is 5.78 Å². The molecule has 0 atom stereocenters. The van der Waals surface area contributed by atoms with Gasteiger partial charge in [-0.1, -0.05) is 0 Å². The first-order chi connectivity index (χ1) is 7.09. The molecule has 0 N–H and O–H groups in total. The molecule has 0 fully saturated rings. The van der Waals surface area contributed by atoms with Gasteiger partial charge in [0.05, 0.1) is 11.3 Å². The number of thiophene rings is 1. The van der Waals surface area contributed by atoms with Gasteiger partial charge < -0.3 is 0 Å². The van der Waals surface area contributed by atoms with E-state index in [0.29, 0.717) is 11.1 Å². The highest BCUT2D eigenvalue weighted by Crippen LogP contribution is 2.24. The molecule has 2 rings (SSSR count). The Kier molecular flexibility index (Phi) is 2.75. The summed E-state index contributed by atoms with van der Waals surface area (Å²) in [5.41, 5.74) is 2.13. The average molecular weight is 285 g/mol. The third-order valence-corrected chi connectivity index (χ3v) is 3.82. The molecular formula is C10H9BrN2OS. The van der Waals surface area contributed by atoms with E-state index in [4.69, 9.17) is 0 Å².